The van der Waals surface area contributed by atoms with Crippen molar-refractivity contribution >= 4 is 36.3 Å². The molecule has 1 N–H and O–H groups in total. The quantitative estimate of drug-likeness (QED) is 0.451. The topological polar surface area (TPSA) is 79.7 Å². The zero-order valence-corrected chi connectivity index (χ0v) is 13.9. The monoisotopic (exact) mass is 316 g/mol. The van der Waals surface area contributed by atoms with Crippen molar-refractivity contribution in [2.24, 2.45) is 4.99 Å². The van der Waals surface area contributed by atoms with Gasteiger partial charge in [0.2, 0.25) is 0 Å². The molecule has 0 radical (unpaired) electrons. The molecule has 0 aromatic carbocycles. The second-order valence-corrected chi connectivity index (χ2v) is 5.25. The maximum absolute atomic E-state index is 4.69. The molecule has 3 heterocycles. The molecule has 3 aromatic rings. The normalized spacial score (nSPS) is 12.7. The number of aromatic amines is 1. The molecule has 0 atom stereocenters. The average Bonchev–Trinajstić information content (AvgIpc) is 3.07. The van der Waals surface area contributed by atoms with Crippen molar-refractivity contribution < 1.29 is 0 Å². The summed E-state index contributed by atoms with van der Waals surface area (Å²) in [5.74, 6) is 0. The van der Waals surface area contributed by atoms with Crippen molar-refractivity contribution in [3.8, 4) is 11.4 Å². The Morgan fingerprint density at radius 2 is 2.12 bits per heavy atom. The summed E-state index contributed by atoms with van der Waals surface area (Å²) in [6, 6.07) is 5.86. The Morgan fingerprint density at radius 3 is 2.92 bits per heavy atom. The predicted molar refractivity (Wildman–Crippen MR) is 100 cm³/mol. The van der Waals surface area contributed by atoms with Gasteiger partial charge in [-0.15, -0.1) is 5.10 Å². The number of rotatable bonds is 4. The molecule has 24 heavy (non-hydrogen) atoms. The summed E-state index contributed by atoms with van der Waals surface area (Å²) < 4.78 is 0. The Bertz CT molecular complexity index is 955. The van der Waals surface area contributed by atoms with Crippen molar-refractivity contribution in [2.45, 2.75) is 13.8 Å². The van der Waals surface area contributed by atoms with Gasteiger partial charge in [-0.3, -0.25) is 15.1 Å². The first-order valence-corrected chi connectivity index (χ1v) is 7.69. The zero-order valence-electron chi connectivity index (χ0n) is 13.9. The van der Waals surface area contributed by atoms with E-state index < -0.39 is 0 Å². The molecule has 0 bridgehead atoms. The molecular formula is C17H17BN6. The first kappa shape index (κ1) is 15.8. The van der Waals surface area contributed by atoms with Crippen LogP contribution in [-0.4, -0.2) is 39.4 Å². The van der Waals surface area contributed by atoms with Gasteiger partial charge in [0.25, 0.3) is 0 Å². The van der Waals surface area contributed by atoms with Gasteiger partial charge in [-0.05, 0) is 38.1 Å². The number of allylic oxidation sites excluding steroid dienone is 3. The van der Waals surface area contributed by atoms with E-state index in [0.29, 0.717) is 5.69 Å². The number of pyridine rings is 2. The number of nitrogens with one attached hydrogen (secondary N) is 1. The second kappa shape index (κ2) is 7.00. The van der Waals surface area contributed by atoms with Crippen molar-refractivity contribution in [1.29, 1.82) is 0 Å². The van der Waals surface area contributed by atoms with E-state index in [2.05, 4.69) is 25.4 Å². The third-order valence-electron chi connectivity index (χ3n) is 3.44. The third kappa shape index (κ3) is 3.15. The molecule has 0 fully saturated rings. The predicted octanol–water partition coefficient (Wildman–Crippen LogP) is 1.68. The summed E-state index contributed by atoms with van der Waals surface area (Å²) in [7, 11) is 2.00. The number of aliphatic imine (C=N–C) groups is 1. The summed E-state index contributed by atoms with van der Waals surface area (Å²) in [6.45, 7) is 3.82. The Labute approximate surface area is 140 Å². The van der Waals surface area contributed by atoms with E-state index in [9.17, 15) is 0 Å². The van der Waals surface area contributed by atoms with Gasteiger partial charge in [0.1, 0.15) is 19.2 Å². The lowest BCUT2D eigenvalue weighted by molar-refractivity contribution is 0.936. The minimum Gasteiger partial charge on any atom is -0.259 e. The van der Waals surface area contributed by atoms with Crippen LogP contribution in [0, 0.1) is 0 Å². The number of hydrogen-bond acceptors (Lipinski definition) is 5. The van der Waals surface area contributed by atoms with Gasteiger partial charge in [0, 0.05) is 12.4 Å². The van der Waals surface area contributed by atoms with E-state index in [4.69, 9.17) is 4.98 Å². The number of nitrogens with zero attached hydrogens (tertiary/aromatic N) is 5. The average molecular weight is 316 g/mol. The molecule has 3 rings (SSSR count). The van der Waals surface area contributed by atoms with Crippen molar-refractivity contribution in [1.82, 2.24) is 25.4 Å². The highest BCUT2D eigenvalue weighted by Gasteiger charge is 2.15. The van der Waals surface area contributed by atoms with Crippen molar-refractivity contribution in [3.05, 3.63) is 48.3 Å². The summed E-state index contributed by atoms with van der Waals surface area (Å²) in [4.78, 5) is 13.5. The SMILES string of the molecule is Bc1cnc2ccc(-c3[nH]nnc3C(=C/C=C\C)/N=C\C)nc2c1. The summed E-state index contributed by atoms with van der Waals surface area (Å²) in [5, 5.41) is 11.1. The molecule has 6 nitrogen and oxygen atoms in total. The molecule has 0 spiro atoms. The van der Waals surface area contributed by atoms with Gasteiger partial charge in [-0.2, -0.15) is 0 Å². The Balaban J connectivity index is 2.12. The fourth-order valence-electron chi connectivity index (χ4n) is 2.34. The number of H-pyrrole nitrogens is 1. The fraction of sp³-hybridized carbons (Fsp3) is 0.118. The van der Waals surface area contributed by atoms with Crippen molar-refractivity contribution in [2.75, 3.05) is 0 Å². The lowest BCUT2D eigenvalue weighted by atomic mass is 9.98. The summed E-state index contributed by atoms with van der Waals surface area (Å²) in [5.41, 5.74) is 5.65. The van der Waals surface area contributed by atoms with Gasteiger partial charge < -0.3 is 0 Å². The number of fused-ring (bicyclic) bond motifs is 1. The van der Waals surface area contributed by atoms with Crippen LogP contribution in [0.2, 0.25) is 0 Å². The Morgan fingerprint density at radius 1 is 1.25 bits per heavy atom. The van der Waals surface area contributed by atoms with Crippen LogP contribution in [0.5, 0.6) is 0 Å². The highest BCUT2D eigenvalue weighted by Crippen LogP contribution is 2.25. The van der Waals surface area contributed by atoms with Crippen LogP contribution >= 0.6 is 0 Å². The molecule has 0 amide bonds. The van der Waals surface area contributed by atoms with Crippen LogP contribution in [0.1, 0.15) is 19.5 Å². The van der Waals surface area contributed by atoms with Gasteiger partial charge in [-0.25, -0.2) is 4.98 Å². The van der Waals surface area contributed by atoms with E-state index in [-0.39, 0.29) is 0 Å². The fourth-order valence-corrected chi connectivity index (χ4v) is 2.34. The van der Waals surface area contributed by atoms with Crippen LogP contribution in [0.4, 0.5) is 0 Å². The van der Waals surface area contributed by atoms with Gasteiger partial charge in [0.05, 0.1) is 22.4 Å². The molecule has 118 valence electrons. The highest BCUT2D eigenvalue weighted by molar-refractivity contribution is 6.32. The molecule has 0 saturated carbocycles. The highest BCUT2D eigenvalue weighted by atomic mass is 15.3. The van der Waals surface area contributed by atoms with Crippen LogP contribution in [0.25, 0.3) is 28.1 Å². The van der Waals surface area contributed by atoms with Gasteiger partial charge in [0.15, 0.2) is 0 Å². The maximum atomic E-state index is 4.69. The standard InChI is InChI=1S/C17H17BN6/c1-3-5-6-13(19-4-2)16-17(23-24-22-16)14-8-7-12-15(21-14)9-11(18)10-20-12/h3-10H,18H2,1-2H3,(H,22,23,24)/b5-3-,13-6-,19-4-. The van der Waals surface area contributed by atoms with Crippen LogP contribution in [0.15, 0.2) is 47.6 Å². The van der Waals surface area contributed by atoms with E-state index in [1.807, 2.05) is 64.3 Å². The Kier molecular flexibility index (Phi) is 4.60. The third-order valence-corrected chi connectivity index (χ3v) is 3.44. The molecule has 3 aromatic heterocycles. The van der Waals surface area contributed by atoms with Gasteiger partial charge in [-0.1, -0.05) is 22.8 Å². The molecule has 0 saturated heterocycles. The zero-order chi connectivity index (χ0) is 16.9. The maximum Gasteiger partial charge on any atom is 0.141 e. The molecule has 0 aliphatic carbocycles. The molecule has 0 aliphatic heterocycles. The number of hydrogen-bond donors (Lipinski definition) is 1. The van der Waals surface area contributed by atoms with E-state index in [0.717, 1.165) is 33.6 Å². The van der Waals surface area contributed by atoms with E-state index in [1.54, 1.807) is 6.21 Å². The summed E-state index contributed by atoms with van der Waals surface area (Å²) in [6.07, 6.45) is 9.32. The first-order chi connectivity index (χ1) is 11.7. The van der Waals surface area contributed by atoms with Crippen LogP contribution in [0.3, 0.4) is 0 Å². The van der Waals surface area contributed by atoms with E-state index >= 15 is 0 Å². The minimum absolute atomic E-state index is 0.665. The lowest BCUT2D eigenvalue weighted by Gasteiger charge is -2.04. The number of aromatic nitrogens is 5. The van der Waals surface area contributed by atoms with Crippen LogP contribution < -0.4 is 5.46 Å². The first-order valence-electron chi connectivity index (χ1n) is 7.69. The minimum atomic E-state index is 0.665. The molecule has 0 unspecified atom stereocenters. The van der Waals surface area contributed by atoms with Crippen molar-refractivity contribution in [3.63, 3.8) is 0 Å². The largest absolute Gasteiger partial charge is 0.259 e. The molecular weight excluding hydrogens is 299 g/mol. The second-order valence-electron chi connectivity index (χ2n) is 5.25. The lowest BCUT2D eigenvalue weighted by Crippen LogP contribution is -2.03. The molecule has 0 aliphatic rings. The summed E-state index contributed by atoms with van der Waals surface area (Å²) >= 11 is 0. The smallest absolute Gasteiger partial charge is 0.141 e. The van der Waals surface area contributed by atoms with Crippen LogP contribution in [-0.2, 0) is 0 Å². The van der Waals surface area contributed by atoms with E-state index in [1.165, 1.54) is 0 Å². The molecule has 7 heteroatoms. The Hall–Kier alpha value is -3.09. The van der Waals surface area contributed by atoms with Gasteiger partial charge >= 0.3 is 0 Å².